The Hall–Kier alpha value is -0.520. The summed E-state index contributed by atoms with van der Waals surface area (Å²) < 4.78 is 0. The molecule has 2 rings (SSSR count). The summed E-state index contributed by atoms with van der Waals surface area (Å²) in [6, 6.07) is 0. The van der Waals surface area contributed by atoms with Crippen molar-refractivity contribution in [1.82, 2.24) is 0 Å². The zero-order valence-electron chi connectivity index (χ0n) is 16.2. The molecule has 0 aromatic carbocycles. The van der Waals surface area contributed by atoms with Crippen LogP contribution in [0.5, 0.6) is 0 Å². The molecule has 0 aromatic heterocycles. The third kappa shape index (κ3) is 9.09. The van der Waals surface area contributed by atoms with E-state index in [1.54, 1.807) is 0 Å². The van der Waals surface area contributed by atoms with Gasteiger partial charge >= 0.3 is 0 Å². The SMILES string of the molecule is C1=C[C@H]([C@H]2C=CCCCCCCCCC2)CCCCCCCCC1. The average Bonchev–Trinajstić information content (AvgIpc) is 2.56. The first-order valence-electron chi connectivity index (χ1n) is 11.3. The molecule has 0 unspecified atom stereocenters. The predicted molar refractivity (Wildman–Crippen MR) is 108 cm³/mol. The average molecular weight is 331 g/mol. The largest absolute Gasteiger partial charge is 0.0882 e. The standard InChI is InChI=1S/C24H42/c1-3-7-11-15-19-23(20-16-12-8-4-1)24-21-17-13-9-5-2-6-10-14-18-22-24/h15,17,19,21,23-24H,1-14,16,18,20,22H2/t23-,24-/m0/s1. The van der Waals surface area contributed by atoms with E-state index in [2.05, 4.69) is 24.3 Å². The van der Waals surface area contributed by atoms with Gasteiger partial charge in [-0.1, -0.05) is 101 Å². The topological polar surface area (TPSA) is 0 Å². The maximum atomic E-state index is 2.61. The van der Waals surface area contributed by atoms with Crippen molar-refractivity contribution in [1.29, 1.82) is 0 Å². The van der Waals surface area contributed by atoms with E-state index in [-0.39, 0.29) is 0 Å². The summed E-state index contributed by atoms with van der Waals surface area (Å²) in [5, 5.41) is 0. The van der Waals surface area contributed by atoms with Crippen molar-refractivity contribution in [2.45, 2.75) is 116 Å². The van der Waals surface area contributed by atoms with E-state index in [0.717, 1.165) is 11.8 Å². The molecule has 0 amide bonds. The summed E-state index contributed by atoms with van der Waals surface area (Å²) in [5.41, 5.74) is 0. The van der Waals surface area contributed by atoms with Crippen LogP contribution in [-0.4, -0.2) is 0 Å². The smallest absolute Gasteiger partial charge is 0.0171 e. The number of allylic oxidation sites excluding steroid dienone is 4. The molecule has 0 radical (unpaired) electrons. The van der Waals surface area contributed by atoms with Crippen LogP contribution in [0.15, 0.2) is 24.3 Å². The van der Waals surface area contributed by atoms with E-state index < -0.39 is 0 Å². The third-order valence-corrected chi connectivity index (χ3v) is 6.13. The van der Waals surface area contributed by atoms with Crippen molar-refractivity contribution >= 4 is 0 Å². The fraction of sp³-hybridized carbons (Fsp3) is 0.833. The van der Waals surface area contributed by atoms with Crippen molar-refractivity contribution in [2.24, 2.45) is 11.8 Å². The van der Waals surface area contributed by atoms with Gasteiger partial charge in [-0.2, -0.15) is 0 Å². The molecule has 0 bridgehead atoms. The molecule has 2 aliphatic carbocycles. The van der Waals surface area contributed by atoms with Gasteiger partial charge in [0, 0.05) is 0 Å². The Labute approximate surface area is 152 Å². The van der Waals surface area contributed by atoms with Crippen LogP contribution in [0.3, 0.4) is 0 Å². The molecule has 0 N–H and O–H groups in total. The van der Waals surface area contributed by atoms with Crippen molar-refractivity contribution in [3.8, 4) is 0 Å². The summed E-state index contributed by atoms with van der Waals surface area (Å²) >= 11 is 0. The number of hydrogen-bond acceptors (Lipinski definition) is 0. The Kier molecular flexibility index (Phi) is 11.3. The molecule has 0 saturated carbocycles. The van der Waals surface area contributed by atoms with E-state index in [4.69, 9.17) is 0 Å². The molecule has 0 heteroatoms. The summed E-state index contributed by atoms with van der Waals surface area (Å²) in [6.45, 7) is 0. The second-order valence-corrected chi connectivity index (χ2v) is 8.29. The molecule has 0 spiro atoms. The maximum Gasteiger partial charge on any atom is -0.0171 e. The molecular weight excluding hydrogens is 288 g/mol. The second-order valence-electron chi connectivity index (χ2n) is 8.29. The van der Waals surface area contributed by atoms with Crippen LogP contribution >= 0.6 is 0 Å². The lowest BCUT2D eigenvalue weighted by atomic mass is 9.82. The minimum Gasteiger partial charge on any atom is -0.0882 e. The first-order valence-corrected chi connectivity index (χ1v) is 11.3. The molecule has 0 aliphatic heterocycles. The maximum absolute atomic E-state index is 2.61. The van der Waals surface area contributed by atoms with Crippen LogP contribution < -0.4 is 0 Å². The Morgan fingerprint density at radius 1 is 0.375 bits per heavy atom. The van der Waals surface area contributed by atoms with Crippen LogP contribution in [-0.2, 0) is 0 Å². The summed E-state index contributed by atoms with van der Waals surface area (Å²) in [7, 11) is 0. The highest BCUT2D eigenvalue weighted by atomic mass is 14.2. The van der Waals surface area contributed by atoms with E-state index in [1.165, 1.54) is 116 Å². The lowest BCUT2D eigenvalue weighted by Gasteiger charge is -2.23. The summed E-state index contributed by atoms with van der Waals surface area (Å²) in [6.07, 6.45) is 36.0. The van der Waals surface area contributed by atoms with E-state index in [0.29, 0.717) is 0 Å². The highest BCUT2D eigenvalue weighted by Crippen LogP contribution is 2.29. The summed E-state index contributed by atoms with van der Waals surface area (Å²) in [5.74, 6) is 1.62. The molecule has 138 valence electrons. The van der Waals surface area contributed by atoms with Gasteiger partial charge in [-0.05, 0) is 50.4 Å². The molecule has 24 heavy (non-hydrogen) atoms. The van der Waals surface area contributed by atoms with Gasteiger partial charge in [0.1, 0.15) is 0 Å². The van der Waals surface area contributed by atoms with Gasteiger partial charge in [0.2, 0.25) is 0 Å². The molecular formula is C24H42. The van der Waals surface area contributed by atoms with Gasteiger partial charge in [-0.25, -0.2) is 0 Å². The van der Waals surface area contributed by atoms with Crippen LogP contribution in [0, 0.1) is 11.8 Å². The van der Waals surface area contributed by atoms with Gasteiger partial charge in [0.05, 0.1) is 0 Å². The van der Waals surface area contributed by atoms with Gasteiger partial charge < -0.3 is 0 Å². The minimum atomic E-state index is 0.809. The fourth-order valence-corrected chi connectivity index (χ4v) is 4.50. The third-order valence-electron chi connectivity index (χ3n) is 6.13. The van der Waals surface area contributed by atoms with E-state index >= 15 is 0 Å². The van der Waals surface area contributed by atoms with Crippen molar-refractivity contribution in [2.75, 3.05) is 0 Å². The Bertz CT molecular complexity index is 304. The lowest BCUT2D eigenvalue weighted by molar-refractivity contribution is 0.382. The van der Waals surface area contributed by atoms with Crippen molar-refractivity contribution in [3.05, 3.63) is 24.3 Å². The molecule has 0 nitrogen and oxygen atoms in total. The van der Waals surface area contributed by atoms with E-state index in [9.17, 15) is 0 Å². The van der Waals surface area contributed by atoms with E-state index in [1.807, 2.05) is 0 Å². The Balaban J connectivity index is 1.93. The zero-order valence-corrected chi connectivity index (χ0v) is 16.2. The zero-order chi connectivity index (χ0) is 16.7. The van der Waals surface area contributed by atoms with Crippen LogP contribution in [0.1, 0.15) is 116 Å². The molecule has 0 fully saturated rings. The molecule has 2 aliphatic rings. The van der Waals surface area contributed by atoms with Gasteiger partial charge in [-0.15, -0.1) is 0 Å². The van der Waals surface area contributed by atoms with Gasteiger partial charge in [0.25, 0.3) is 0 Å². The predicted octanol–water partition coefficient (Wildman–Crippen LogP) is 8.38. The molecule has 0 heterocycles. The van der Waals surface area contributed by atoms with Gasteiger partial charge in [0.15, 0.2) is 0 Å². The lowest BCUT2D eigenvalue weighted by Crippen LogP contribution is -2.11. The molecule has 0 aromatic rings. The highest BCUT2D eigenvalue weighted by Gasteiger charge is 2.16. The normalized spacial score (nSPS) is 29.7. The Morgan fingerprint density at radius 3 is 1.12 bits per heavy atom. The molecule has 2 atom stereocenters. The van der Waals surface area contributed by atoms with Crippen molar-refractivity contribution in [3.63, 3.8) is 0 Å². The summed E-state index contributed by atoms with van der Waals surface area (Å²) in [4.78, 5) is 0. The van der Waals surface area contributed by atoms with Gasteiger partial charge in [-0.3, -0.25) is 0 Å². The Morgan fingerprint density at radius 2 is 0.708 bits per heavy atom. The molecule has 0 saturated heterocycles. The van der Waals surface area contributed by atoms with Crippen molar-refractivity contribution < 1.29 is 0 Å². The highest BCUT2D eigenvalue weighted by molar-refractivity contribution is 5.00. The number of hydrogen-bond donors (Lipinski definition) is 0. The van der Waals surface area contributed by atoms with Crippen LogP contribution in [0.4, 0.5) is 0 Å². The first-order chi connectivity index (χ1) is 12.0. The minimum absolute atomic E-state index is 0.809. The van der Waals surface area contributed by atoms with Crippen LogP contribution in [0.2, 0.25) is 0 Å². The second kappa shape index (κ2) is 13.7. The fourth-order valence-electron chi connectivity index (χ4n) is 4.50. The van der Waals surface area contributed by atoms with Crippen LogP contribution in [0.25, 0.3) is 0 Å². The first kappa shape index (κ1) is 19.8. The number of rotatable bonds is 1. The monoisotopic (exact) mass is 330 g/mol. The quantitative estimate of drug-likeness (QED) is 0.423.